The zero-order valence-electron chi connectivity index (χ0n) is 23.9. The van der Waals surface area contributed by atoms with E-state index in [4.69, 9.17) is 7.06 Å². The molecule has 1 rings (SSSR count). The summed E-state index contributed by atoms with van der Waals surface area (Å²) in [6, 6.07) is 0. The molecule has 4 nitrogen and oxygen atoms in total. The van der Waals surface area contributed by atoms with Gasteiger partial charge >= 0.3 is 189 Å². The second-order valence-electron chi connectivity index (χ2n) is 5.77. The number of hydrogen-bond acceptors (Lipinski definition) is 4. The monoisotopic (exact) mass is 547 g/mol. The third-order valence-electron chi connectivity index (χ3n) is 3.61. The summed E-state index contributed by atoms with van der Waals surface area (Å²) in [6.07, 6.45) is 23.6. The second kappa shape index (κ2) is 28.2. The van der Waals surface area contributed by atoms with Gasteiger partial charge in [-0.15, -0.1) is 0 Å². The average molecular weight is 548 g/mol. The van der Waals surface area contributed by atoms with Crippen molar-refractivity contribution in [3.8, 4) is 0 Å². The Balaban J connectivity index is -0.00000168. The third kappa shape index (κ3) is 15.8. The minimum absolute atomic E-state index is 0.622. The zero-order chi connectivity index (χ0) is 28.2. The van der Waals surface area contributed by atoms with Crippen molar-refractivity contribution in [3.05, 3.63) is 121 Å². The molecule has 0 saturated heterocycles. The normalized spacial score (nSPS) is 22.0. The van der Waals surface area contributed by atoms with Crippen molar-refractivity contribution in [2.24, 2.45) is 9.98 Å². The molecule has 0 N–H and O–H groups in total. The number of allylic oxidation sites excluding steroid dienone is 13. The van der Waals surface area contributed by atoms with Crippen molar-refractivity contribution in [2.75, 3.05) is 0 Å². The van der Waals surface area contributed by atoms with E-state index in [-0.39, 0.29) is 0 Å². The van der Waals surface area contributed by atoms with Crippen molar-refractivity contribution < 1.29 is 7.06 Å². The van der Waals surface area contributed by atoms with Gasteiger partial charge in [0, 0.05) is 0 Å². The van der Waals surface area contributed by atoms with Crippen molar-refractivity contribution in [3.63, 3.8) is 0 Å². The minimum Gasteiger partial charge on any atom is -0.0683 e. The van der Waals surface area contributed by atoms with Gasteiger partial charge in [-0.2, -0.15) is 0 Å². The molecule has 0 fully saturated rings. The fraction of sp³-hybridized carbons (Fsp3) is 0.290. The van der Waals surface area contributed by atoms with Crippen LogP contribution in [0.1, 0.15) is 62.3 Å². The van der Waals surface area contributed by atoms with Crippen LogP contribution in [-0.2, 0) is 7.06 Å². The van der Waals surface area contributed by atoms with Gasteiger partial charge in [0.2, 0.25) is 0 Å². The second-order valence-corrected chi connectivity index (χ2v) is 7.16. The topological polar surface area (TPSA) is 43.2 Å². The van der Waals surface area contributed by atoms with E-state index in [1.165, 1.54) is 0 Å². The molecule has 0 aliphatic carbocycles. The van der Waals surface area contributed by atoms with Gasteiger partial charge in [-0.1, -0.05) is 41.5 Å². The van der Waals surface area contributed by atoms with Gasteiger partial charge in [-0.05, 0) is 0 Å². The van der Waals surface area contributed by atoms with E-state index >= 15 is 0 Å². The molecule has 1 aliphatic rings. The molecule has 0 atom stereocenters. The molecule has 1 aliphatic heterocycles. The Morgan fingerprint density at radius 1 is 0.694 bits per heavy atom. The Morgan fingerprint density at radius 2 is 1.19 bits per heavy atom. The van der Waals surface area contributed by atoms with Crippen LogP contribution in [0.15, 0.2) is 131 Å². The Morgan fingerprint density at radius 3 is 1.64 bits per heavy atom. The zero-order valence-corrected chi connectivity index (χ0v) is 26.3. The molecule has 0 saturated carbocycles. The molecule has 0 aromatic heterocycles. The van der Waals surface area contributed by atoms with Crippen LogP contribution in [0.3, 0.4) is 0 Å². The summed E-state index contributed by atoms with van der Waals surface area (Å²) in [7, 11) is 0. The van der Waals surface area contributed by atoms with Crippen LogP contribution in [0, 0.1) is 0 Å². The molecule has 1 radical (unpaired) electrons. The molecule has 5 heteroatoms. The fourth-order valence-corrected chi connectivity index (χ4v) is 3.81. The number of hydrogen-bond donors (Lipinski definition) is 0. The fourth-order valence-electron chi connectivity index (χ4n) is 2.34. The molecule has 0 aromatic carbocycles. The van der Waals surface area contributed by atoms with Gasteiger partial charge in [-0.25, -0.2) is 0 Å². The average Bonchev–Trinajstić information content (AvgIpc) is 2.93. The number of aliphatic imine (C=N–C) groups is 2. The van der Waals surface area contributed by atoms with Crippen LogP contribution >= 0.6 is 0 Å². The van der Waals surface area contributed by atoms with Crippen LogP contribution < -0.4 is 0 Å². The van der Waals surface area contributed by atoms with Crippen molar-refractivity contribution in [2.45, 2.75) is 62.3 Å². The number of nitrogens with zero attached hydrogens (tertiary/aromatic N) is 2. The van der Waals surface area contributed by atoms with E-state index in [1.54, 1.807) is 36.7 Å². The Labute approximate surface area is 230 Å². The summed E-state index contributed by atoms with van der Waals surface area (Å²) in [5.41, 5.74) is 2.98. The van der Waals surface area contributed by atoms with Crippen LogP contribution in [-0.4, -0.2) is 30.6 Å². The summed E-state index contributed by atoms with van der Waals surface area (Å²) in [6.45, 7) is 29.3. The van der Waals surface area contributed by atoms with Gasteiger partial charge in [0.05, 0.1) is 0 Å². The van der Waals surface area contributed by atoms with Crippen LogP contribution in [0.25, 0.3) is 0 Å². The van der Waals surface area contributed by atoms with E-state index in [0.29, 0.717) is 22.9 Å². The first-order valence-corrected chi connectivity index (χ1v) is 14.5. The van der Waals surface area contributed by atoms with Gasteiger partial charge in [-0.3, -0.25) is 0 Å². The first-order valence-electron chi connectivity index (χ1n) is 12.5. The van der Waals surface area contributed by atoms with Gasteiger partial charge in [0.15, 0.2) is 0 Å². The smallest absolute Gasteiger partial charge is 0.0683 e. The predicted octanol–water partition coefficient (Wildman–Crippen LogP) is 9.35. The van der Waals surface area contributed by atoms with Crippen LogP contribution in [0.2, 0.25) is 0 Å². The molecular weight excluding hydrogens is 502 g/mol. The SMILES string of the molecule is C=C/C=C1/C=N/C(/C=C\C)=C(/C=C\C)\N=C/C(/C=C\C)=C(/C=C)[O][Ga][O]/C1=C/C=C.CC.CC.CC. The predicted molar refractivity (Wildman–Crippen MR) is 164 cm³/mol. The maximum absolute atomic E-state index is 6.01. The standard InChI is InChI=1S/C25H30N2O2.3C2H6.Ga/c1-7-13-20(24(28)12-6)18-26-22(15-9-3)23(16-10-4)27-19-21(14-8-2)25(29)17-11-5;3*1-2;/h7-19,28-29H,2,5-6H2,1,3-4H3;3*1-2H3;/q;;;;+2/p-2/b13-7-,15-9-,16-10-,21-14-,23-22-,24-20-,25-17+,26-18-,27-19+;;;;. The summed E-state index contributed by atoms with van der Waals surface area (Å²) in [5, 5.41) is 0. The molecule has 1 heterocycles. The molecular formula is C31H46GaN2O2. The molecule has 0 aromatic rings. The van der Waals surface area contributed by atoms with Gasteiger partial charge < -0.3 is 0 Å². The van der Waals surface area contributed by atoms with E-state index in [0.717, 1.165) is 11.1 Å². The van der Waals surface area contributed by atoms with Crippen molar-refractivity contribution in [1.82, 2.24) is 0 Å². The first-order chi connectivity index (χ1) is 17.6. The summed E-state index contributed by atoms with van der Waals surface area (Å²) >= 11 is -1.59. The van der Waals surface area contributed by atoms with Gasteiger partial charge in [0.25, 0.3) is 0 Å². The molecule has 0 bridgehead atoms. The molecule has 0 unspecified atom stereocenters. The largest absolute Gasteiger partial charge is 0.0683 e. The number of rotatable bonds is 6. The Hall–Kier alpha value is -3.02. The molecule has 0 spiro atoms. The van der Waals surface area contributed by atoms with Crippen molar-refractivity contribution >= 4 is 30.6 Å². The Kier molecular flexibility index (Phi) is 29.4. The maximum atomic E-state index is 6.01. The quantitative estimate of drug-likeness (QED) is 0.311. The van der Waals surface area contributed by atoms with Gasteiger partial charge in [0.1, 0.15) is 0 Å². The van der Waals surface area contributed by atoms with E-state index in [1.807, 2.05) is 105 Å². The third-order valence-corrected chi connectivity index (χ3v) is 5.08. The molecule has 36 heavy (non-hydrogen) atoms. The molecule has 0 amide bonds. The van der Waals surface area contributed by atoms with E-state index in [9.17, 15) is 0 Å². The van der Waals surface area contributed by atoms with Crippen LogP contribution in [0.5, 0.6) is 0 Å². The minimum atomic E-state index is -1.59. The van der Waals surface area contributed by atoms with Crippen LogP contribution in [0.4, 0.5) is 0 Å². The first kappa shape index (κ1) is 37.5. The summed E-state index contributed by atoms with van der Waals surface area (Å²) < 4.78 is 12.0. The molecule has 195 valence electrons. The Bertz CT molecular complexity index is 909. The maximum Gasteiger partial charge on any atom is -0.0683 e. The summed E-state index contributed by atoms with van der Waals surface area (Å²) in [5.74, 6) is 1.24. The van der Waals surface area contributed by atoms with Crippen molar-refractivity contribution in [1.29, 1.82) is 0 Å². The summed E-state index contributed by atoms with van der Waals surface area (Å²) in [4.78, 5) is 9.35. The van der Waals surface area contributed by atoms with E-state index < -0.39 is 18.1 Å². The van der Waals surface area contributed by atoms with E-state index in [2.05, 4.69) is 29.7 Å².